The molecule has 1 atom stereocenters. The van der Waals surface area contributed by atoms with Crippen LogP contribution < -0.4 is 20.9 Å². The quantitative estimate of drug-likeness (QED) is 0.351. The summed E-state index contributed by atoms with van der Waals surface area (Å²) >= 11 is 1.49. The molecule has 33 heavy (non-hydrogen) atoms. The lowest BCUT2D eigenvalue weighted by Crippen LogP contribution is -2.32. The summed E-state index contributed by atoms with van der Waals surface area (Å²) in [6, 6.07) is 12.1. The van der Waals surface area contributed by atoms with Crippen molar-refractivity contribution in [1.29, 1.82) is 0 Å². The van der Waals surface area contributed by atoms with Gasteiger partial charge in [-0.05, 0) is 55.9 Å². The second-order valence-electron chi connectivity index (χ2n) is 7.96. The number of nitrogens with one attached hydrogen (secondary N) is 4. The summed E-state index contributed by atoms with van der Waals surface area (Å²) in [6.07, 6.45) is 1.54. The highest BCUT2D eigenvalue weighted by atomic mass is 32.2. The van der Waals surface area contributed by atoms with Crippen LogP contribution in [0, 0.1) is 6.92 Å². The fourth-order valence-corrected chi connectivity index (χ4v) is 4.46. The molecule has 4 N–H and O–H groups in total. The van der Waals surface area contributed by atoms with Gasteiger partial charge in [-0.25, -0.2) is 9.97 Å². The molecule has 1 aliphatic rings. The summed E-state index contributed by atoms with van der Waals surface area (Å²) in [7, 11) is 0. The van der Waals surface area contributed by atoms with Crippen molar-refractivity contribution >= 4 is 40.8 Å². The number of carbonyl (C=O) groups is 1. The van der Waals surface area contributed by atoms with E-state index in [0.717, 1.165) is 54.0 Å². The van der Waals surface area contributed by atoms with E-state index in [0.29, 0.717) is 23.4 Å². The molecule has 3 aromatic rings. The first kappa shape index (κ1) is 23.1. The molecule has 2 aromatic heterocycles. The first-order valence-corrected chi connectivity index (χ1v) is 12.1. The van der Waals surface area contributed by atoms with Crippen LogP contribution in [0.15, 0.2) is 46.5 Å². The van der Waals surface area contributed by atoms with Gasteiger partial charge in [-0.2, -0.15) is 5.10 Å². The highest BCUT2D eigenvalue weighted by molar-refractivity contribution is 7.99. The van der Waals surface area contributed by atoms with E-state index in [2.05, 4.69) is 38.0 Å². The lowest BCUT2D eigenvalue weighted by molar-refractivity contribution is -0.115. The van der Waals surface area contributed by atoms with Crippen LogP contribution in [0.1, 0.15) is 32.4 Å². The zero-order valence-electron chi connectivity index (χ0n) is 19.2. The molecule has 174 valence electrons. The number of likely N-dealkylation sites (N-methyl/N-ethyl adjacent to an activating group) is 1. The van der Waals surface area contributed by atoms with Crippen molar-refractivity contribution in [2.75, 3.05) is 35.2 Å². The van der Waals surface area contributed by atoms with Crippen LogP contribution in [0.3, 0.4) is 0 Å². The summed E-state index contributed by atoms with van der Waals surface area (Å²) in [4.78, 5) is 24.5. The third-order valence-electron chi connectivity index (χ3n) is 5.33. The molecule has 1 amide bonds. The van der Waals surface area contributed by atoms with Crippen molar-refractivity contribution in [2.45, 2.75) is 49.7 Å². The Labute approximate surface area is 198 Å². The summed E-state index contributed by atoms with van der Waals surface area (Å²) in [6.45, 7) is 8.74. The zero-order valence-corrected chi connectivity index (χ0v) is 20.0. The van der Waals surface area contributed by atoms with E-state index in [1.54, 1.807) is 0 Å². The van der Waals surface area contributed by atoms with E-state index in [4.69, 9.17) is 9.97 Å². The fraction of sp³-hybridized carbons (Fsp3) is 0.391. The van der Waals surface area contributed by atoms with E-state index >= 15 is 0 Å². The van der Waals surface area contributed by atoms with Crippen LogP contribution in [0.4, 0.5) is 23.1 Å². The number of rotatable bonds is 9. The van der Waals surface area contributed by atoms with Gasteiger partial charge in [0.25, 0.3) is 0 Å². The zero-order chi connectivity index (χ0) is 23.2. The summed E-state index contributed by atoms with van der Waals surface area (Å²) in [5, 5.41) is 17.5. The Morgan fingerprint density at radius 1 is 1.21 bits per heavy atom. The molecule has 1 aliphatic heterocycles. The highest BCUT2D eigenvalue weighted by Gasteiger charge is 2.24. The number of aromatic nitrogens is 4. The molecule has 0 radical (unpaired) electrons. The predicted octanol–water partition coefficient (Wildman–Crippen LogP) is 3.94. The van der Waals surface area contributed by atoms with E-state index in [9.17, 15) is 4.79 Å². The van der Waals surface area contributed by atoms with Gasteiger partial charge in [0.1, 0.15) is 17.5 Å². The SMILES string of the molecule is CCN[C@H]1CCN(c2cc(Nc3cc(C)n[nH]3)nc(Sc3ccc(NC(=O)CC)cc3)n2)C1. The van der Waals surface area contributed by atoms with Gasteiger partial charge >= 0.3 is 0 Å². The van der Waals surface area contributed by atoms with Gasteiger partial charge in [0.2, 0.25) is 5.91 Å². The fourth-order valence-electron chi connectivity index (χ4n) is 3.69. The van der Waals surface area contributed by atoms with Gasteiger partial charge in [0.05, 0.1) is 5.69 Å². The molecular formula is C23H30N8OS. The molecule has 0 bridgehead atoms. The van der Waals surface area contributed by atoms with E-state index < -0.39 is 0 Å². The lowest BCUT2D eigenvalue weighted by Gasteiger charge is -2.19. The predicted molar refractivity (Wildman–Crippen MR) is 132 cm³/mol. The summed E-state index contributed by atoms with van der Waals surface area (Å²) < 4.78 is 0. The van der Waals surface area contributed by atoms with Crippen molar-refractivity contribution in [1.82, 2.24) is 25.5 Å². The number of aromatic amines is 1. The number of nitrogens with zero attached hydrogens (tertiary/aromatic N) is 4. The third kappa shape index (κ3) is 6.23. The Kier molecular flexibility index (Phi) is 7.46. The maximum Gasteiger partial charge on any atom is 0.224 e. The molecule has 1 fully saturated rings. The molecule has 9 nitrogen and oxygen atoms in total. The Morgan fingerprint density at radius 3 is 2.73 bits per heavy atom. The maximum absolute atomic E-state index is 11.6. The topological polar surface area (TPSA) is 111 Å². The molecule has 0 saturated carbocycles. The van der Waals surface area contributed by atoms with Crippen molar-refractivity contribution in [2.24, 2.45) is 0 Å². The van der Waals surface area contributed by atoms with Crippen LogP contribution in [0.5, 0.6) is 0 Å². The maximum atomic E-state index is 11.6. The minimum Gasteiger partial charge on any atom is -0.355 e. The largest absolute Gasteiger partial charge is 0.355 e. The highest BCUT2D eigenvalue weighted by Crippen LogP contribution is 2.30. The Balaban J connectivity index is 1.55. The van der Waals surface area contributed by atoms with Gasteiger partial charge in [-0.3, -0.25) is 9.89 Å². The summed E-state index contributed by atoms with van der Waals surface area (Å²) in [5.41, 5.74) is 1.69. The number of H-pyrrole nitrogens is 1. The number of hydrogen-bond donors (Lipinski definition) is 4. The summed E-state index contributed by atoms with van der Waals surface area (Å²) in [5.74, 6) is 2.40. The molecule has 0 unspecified atom stereocenters. The molecule has 4 rings (SSSR count). The van der Waals surface area contributed by atoms with Crippen LogP contribution >= 0.6 is 11.8 Å². The van der Waals surface area contributed by atoms with E-state index in [-0.39, 0.29) is 5.91 Å². The van der Waals surface area contributed by atoms with Crippen molar-refractivity contribution in [3.05, 3.63) is 42.1 Å². The van der Waals surface area contributed by atoms with Gasteiger partial charge in [-0.1, -0.05) is 13.8 Å². The minimum atomic E-state index is -0.00215. The molecule has 0 aliphatic carbocycles. The number of carbonyl (C=O) groups excluding carboxylic acids is 1. The smallest absolute Gasteiger partial charge is 0.224 e. The Bertz CT molecular complexity index is 1080. The number of hydrogen-bond acceptors (Lipinski definition) is 8. The van der Waals surface area contributed by atoms with Crippen LogP contribution in [0.2, 0.25) is 0 Å². The Hall–Kier alpha value is -3.11. The van der Waals surface area contributed by atoms with Crippen LogP contribution in [-0.4, -0.2) is 51.7 Å². The number of aryl methyl sites for hydroxylation is 1. The molecule has 10 heteroatoms. The second-order valence-corrected chi connectivity index (χ2v) is 9.00. The number of benzene rings is 1. The normalized spacial score (nSPS) is 15.6. The van der Waals surface area contributed by atoms with E-state index in [1.165, 1.54) is 11.8 Å². The van der Waals surface area contributed by atoms with Gasteiger partial charge in [-0.15, -0.1) is 0 Å². The second kappa shape index (κ2) is 10.7. The van der Waals surface area contributed by atoms with Crippen molar-refractivity contribution < 1.29 is 4.79 Å². The average Bonchev–Trinajstić information content (AvgIpc) is 3.44. The third-order valence-corrected chi connectivity index (χ3v) is 6.21. The molecule has 1 saturated heterocycles. The van der Waals surface area contributed by atoms with Crippen LogP contribution in [-0.2, 0) is 4.79 Å². The number of anilines is 4. The first-order valence-electron chi connectivity index (χ1n) is 11.3. The molecule has 0 spiro atoms. The minimum absolute atomic E-state index is 0.00215. The van der Waals surface area contributed by atoms with Gasteiger partial charge < -0.3 is 20.9 Å². The average molecular weight is 467 g/mol. The lowest BCUT2D eigenvalue weighted by atomic mass is 10.3. The molecular weight excluding hydrogens is 436 g/mol. The monoisotopic (exact) mass is 466 g/mol. The Morgan fingerprint density at radius 2 is 2.03 bits per heavy atom. The standard InChI is InChI=1S/C23H30N8OS/c1-4-22(32)25-16-6-8-18(9-7-16)33-23-27-19(26-20-12-15(3)29-30-20)13-21(28-23)31-11-10-17(14-31)24-5-2/h6-9,12-13,17,24H,4-5,10-11,14H2,1-3H3,(H,25,32)(H2,26,27,28,29,30)/t17-/m0/s1. The first-order chi connectivity index (χ1) is 16.0. The van der Waals surface area contributed by atoms with Gasteiger partial charge in [0.15, 0.2) is 5.16 Å². The molecule has 1 aromatic carbocycles. The molecule has 3 heterocycles. The van der Waals surface area contributed by atoms with Gasteiger partial charge in [0, 0.05) is 48.3 Å². The van der Waals surface area contributed by atoms with E-state index in [1.807, 2.05) is 50.2 Å². The number of amides is 1. The van der Waals surface area contributed by atoms with Crippen molar-refractivity contribution in [3.8, 4) is 0 Å². The van der Waals surface area contributed by atoms with Crippen molar-refractivity contribution in [3.63, 3.8) is 0 Å². The van der Waals surface area contributed by atoms with Crippen LogP contribution in [0.25, 0.3) is 0 Å².